The van der Waals surface area contributed by atoms with Crippen molar-refractivity contribution < 1.29 is 14.3 Å². The van der Waals surface area contributed by atoms with Gasteiger partial charge in [0.1, 0.15) is 0 Å². The van der Waals surface area contributed by atoms with E-state index < -0.39 is 0 Å². The first-order valence-corrected chi connectivity index (χ1v) is 9.27. The van der Waals surface area contributed by atoms with Gasteiger partial charge < -0.3 is 20.1 Å². The smallest absolute Gasteiger partial charge is 0.319 e. The standard InChI is InChI=1S/C20H24N4O3/c25-20(23-17-5-4-15-13-27-14-16(15)11-17)22-12-19(18-3-1-2-6-21-18)24-7-9-26-10-8-24/h1-6,11,19H,7-10,12-14H2,(H2,22,23,25)/t19-/m0/s1. The van der Waals surface area contributed by atoms with Crippen LogP contribution in [-0.2, 0) is 22.7 Å². The Kier molecular flexibility index (Phi) is 5.62. The van der Waals surface area contributed by atoms with Gasteiger partial charge in [0.05, 0.1) is 38.2 Å². The summed E-state index contributed by atoms with van der Waals surface area (Å²) in [6, 6.07) is 11.6. The maximum atomic E-state index is 12.4. The molecule has 2 aliphatic heterocycles. The summed E-state index contributed by atoms with van der Waals surface area (Å²) < 4.78 is 10.9. The van der Waals surface area contributed by atoms with Gasteiger partial charge in [-0.1, -0.05) is 12.1 Å². The van der Waals surface area contributed by atoms with Crippen molar-refractivity contribution in [3.05, 3.63) is 59.4 Å². The number of benzene rings is 1. The van der Waals surface area contributed by atoms with E-state index in [0.717, 1.165) is 30.0 Å². The summed E-state index contributed by atoms with van der Waals surface area (Å²) in [6.45, 7) is 4.79. The van der Waals surface area contributed by atoms with Crippen molar-refractivity contribution in [2.75, 3.05) is 38.2 Å². The van der Waals surface area contributed by atoms with Crippen LogP contribution in [0.3, 0.4) is 0 Å². The Morgan fingerprint density at radius 1 is 1.11 bits per heavy atom. The van der Waals surface area contributed by atoms with E-state index in [0.29, 0.717) is 33.0 Å². The highest BCUT2D eigenvalue weighted by molar-refractivity contribution is 5.89. The fourth-order valence-corrected chi connectivity index (χ4v) is 3.50. The summed E-state index contributed by atoms with van der Waals surface area (Å²) >= 11 is 0. The Morgan fingerprint density at radius 3 is 2.78 bits per heavy atom. The molecule has 0 aliphatic carbocycles. The Balaban J connectivity index is 1.38. The van der Waals surface area contributed by atoms with Crippen LogP contribution in [0.5, 0.6) is 0 Å². The van der Waals surface area contributed by atoms with Gasteiger partial charge in [-0.25, -0.2) is 4.79 Å². The molecule has 1 saturated heterocycles. The molecule has 1 atom stereocenters. The summed E-state index contributed by atoms with van der Waals surface area (Å²) in [7, 11) is 0. The van der Waals surface area contributed by atoms with Crippen LogP contribution in [0.2, 0.25) is 0 Å². The van der Waals surface area contributed by atoms with Crippen LogP contribution in [0.1, 0.15) is 22.9 Å². The van der Waals surface area contributed by atoms with Crippen LogP contribution in [0, 0.1) is 0 Å². The predicted molar refractivity (Wildman–Crippen MR) is 101 cm³/mol. The maximum absolute atomic E-state index is 12.4. The number of morpholine rings is 1. The van der Waals surface area contributed by atoms with E-state index in [9.17, 15) is 4.79 Å². The van der Waals surface area contributed by atoms with Crippen molar-refractivity contribution >= 4 is 11.7 Å². The van der Waals surface area contributed by atoms with Gasteiger partial charge in [-0.2, -0.15) is 0 Å². The molecule has 2 aliphatic rings. The SMILES string of the molecule is O=C(NC[C@@H](c1ccccn1)N1CCOCC1)Nc1ccc2c(c1)COC2. The van der Waals surface area contributed by atoms with E-state index in [-0.39, 0.29) is 12.1 Å². The molecule has 2 amide bonds. The molecule has 0 bridgehead atoms. The Bertz CT molecular complexity index is 778. The normalized spacial score (nSPS) is 17.9. The third-order valence-corrected chi connectivity index (χ3v) is 4.95. The topological polar surface area (TPSA) is 75.7 Å². The van der Waals surface area contributed by atoms with Crippen molar-refractivity contribution in [1.29, 1.82) is 0 Å². The molecule has 7 heteroatoms. The lowest BCUT2D eigenvalue weighted by atomic mass is 10.1. The number of carbonyl (C=O) groups is 1. The van der Waals surface area contributed by atoms with Gasteiger partial charge in [0.25, 0.3) is 0 Å². The zero-order valence-corrected chi connectivity index (χ0v) is 15.2. The number of pyridine rings is 1. The third kappa shape index (κ3) is 4.44. The van der Waals surface area contributed by atoms with Crippen LogP contribution in [-0.4, -0.2) is 48.8 Å². The number of rotatable bonds is 5. The zero-order chi connectivity index (χ0) is 18.5. The van der Waals surface area contributed by atoms with Gasteiger partial charge in [-0.15, -0.1) is 0 Å². The average Bonchev–Trinajstić information content (AvgIpc) is 3.18. The average molecular weight is 368 g/mol. The molecule has 1 fully saturated rings. The molecule has 2 N–H and O–H groups in total. The van der Waals surface area contributed by atoms with E-state index in [1.165, 1.54) is 5.56 Å². The van der Waals surface area contributed by atoms with Crippen LogP contribution >= 0.6 is 0 Å². The van der Waals surface area contributed by atoms with Crippen molar-refractivity contribution in [2.45, 2.75) is 19.3 Å². The van der Waals surface area contributed by atoms with E-state index in [1.54, 1.807) is 6.20 Å². The highest BCUT2D eigenvalue weighted by Crippen LogP contribution is 2.23. The lowest BCUT2D eigenvalue weighted by molar-refractivity contribution is 0.0159. The minimum atomic E-state index is -0.219. The molecular weight excluding hydrogens is 344 g/mol. The van der Waals surface area contributed by atoms with Crippen LogP contribution in [0.4, 0.5) is 10.5 Å². The fraction of sp³-hybridized carbons (Fsp3) is 0.400. The second-order valence-electron chi connectivity index (χ2n) is 6.73. The molecule has 7 nitrogen and oxygen atoms in total. The first kappa shape index (κ1) is 17.9. The van der Waals surface area contributed by atoms with Crippen molar-refractivity contribution in [1.82, 2.24) is 15.2 Å². The number of urea groups is 1. The zero-order valence-electron chi connectivity index (χ0n) is 15.2. The maximum Gasteiger partial charge on any atom is 0.319 e. The van der Waals surface area contributed by atoms with E-state index in [2.05, 4.69) is 20.5 Å². The largest absolute Gasteiger partial charge is 0.379 e. The number of amides is 2. The number of hydrogen-bond donors (Lipinski definition) is 2. The van der Waals surface area contributed by atoms with Gasteiger partial charge in [0.15, 0.2) is 0 Å². The number of ether oxygens (including phenoxy) is 2. The predicted octanol–water partition coefficient (Wildman–Crippen LogP) is 2.31. The minimum absolute atomic E-state index is 0.0225. The van der Waals surface area contributed by atoms with Gasteiger partial charge in [-0.3, -0.25) is 9.88 Å². The van der Waals surface area contributed by atoms with Crippen molar-refractivity contribution in [3.8, 4) is 0 Å². The number of nitrogens with one attached hydrogen (secondary N) is 2. The summed E-state index contributed by atoms with van der Waals surface area (Å²) in [6.07, 6.45) is 1.79. The molecule has 0 saturated carbocycles. The lowest BCUT2D eigenvalue weighted by Gasteiger charge is -2.34. The van der Waals surface area contributed by atoms with Gasteiger partial charge in [0.2, 0.25) is 0 Å². The Morgan fingerprint density at radius 2 is 1.96 bits per heavy atom. The molecule has 2 aromatic rings. The number of aromatic nitrogens is 1. The quantitative estimate of drug-likeness (QED) is 0.847. The molecule has 1 aromatic heterocycles. The first-order chi connectivity index (χ1) is 13.3. The number of anilines is 1. The number of carbonyl (C=O) groups excluding carboxylic acids is 1. The Labute approximate surface area is 158 Å². The molecule has 27 heavy (non-hydrogen) atoms. The molecule has 4 rings (SSSR count). The van der Waals surface area contributed by atoms with Gasteiger partial charge in [-0.05, 0) is 35.4 Å². The molecule has 0 radical (unpaired) electrons. The van der Waals surface area contributed by atoms with Gasteiger partial charge in [0, 0.05) is 31.5 Å². The molecular formula is C20H24N4O3. The first-order valence-electron chi connectivity index (χ1n) is 9.27. The summed E-state index contributed by atoms with van der Waals surface area (Å²) in [5, 5.41) is 5.90. The molecule has 1 aromatic carbocycles. The summed E-state index contributed by atoms with van der Waals surface area (Å²) in [4.78, 5) is 19.2. The second kappa shape index (κ2) is 8.47. The molecule has 0 unspecified atom stereocenters. The fourth-order valence-electron chi connectivity index (χ4n) is 3.50. The van der Waals surface area contributed by atoms with Crippen LogP contribution < -0.4 is 10.6 Å². The molecule has 0 spiro atoms. The minimum Gasteiger partial charge on any atom is -0.379 e. The van der Waals surface area contributed by atoms with Crippen LogP contribution in [0.15, 0.2) is 42.6 Å². The van der Waals surface area contributed by atoms with Crippen molar-refractivity contribution in [2.24, 2.45) is 0 Å². The number of nitrogens with zero attached hydrogens (tertiary/aromatic N) is 2. The highest BCUT2D eigenvalue weighted by Gasteiger charge is 2.24. The van der Waals surface area contributed by atoms with Gasteiger partial charge >= 0.3 is 6.03 Å². The van der Waals surface area contributed by atoms with E-state index >= 15 is 0 Å². The summed E-state index contributed by atoms with van der Waals surface area (Å²) in [5.74, 6) is 0. The number of fused-ring (bicyclic) bond motifs is 1. The number of hydrogen-bond acceptors (Lipinski definition) is 5. The molecule has 142 valence electrons. The van der Waals surface area contributed by atoms with Crippen LogP contribution in [0.25, 0.3) is 0 Å². The van der Waals surface area contributed by atoms with E-state index in [1.807, 2.05) is 36.4 Å². The Hall–Kier alpha value is -2.48. The monoisotopic (exact) mass is 368 g/mol. The van der Waals surface area contributed by atoms with E-state index in [4.69, 9.17) is 9.47 Å². The van der Waals surface area contributed by atoms with Crippen molar-refractivity contribution in [3.63, 3.8) is 0 Å². The molecule has 3 heterocycles. The lowest BCUT2D eigenvalue weighted by Crippen LogP contribution is -2.44. The second-order valence-corrected chi connectivity index (χ2v) is 6.73. The highest BCUT2D eigenvalue weighted by atomic mass is 16.5. The third-order valence-electron chi connectivity index (χ3n) is 4.95. The summed E-state index contributed by atoms with van der Waals surface area (Å²) in [5.41, 5.74) is 4.04.